The SMILES string of the molecule is O=C1N/C(=N\N=C/c2ccco2)S[C@@H]1Cc1ccc(Cl)cc1. The standard InChI is InChI=1S/C15H12ClN3O2S/c16-11-5-3-10(4-6-11)8-13-14(20)18-15(22-13)19-17-9-12-2-1-7-21-12/h1-7,9,13H,8H2,(H,18,19,20)/b17-9-/t13-/m1/s1. The van der Waals surface area contributed by atoms with Gasteiger partial charge in [0.05, 0.1) is 17.7 Å². The van der Waals surface area contributed by atoms with Crippen LogP contribution in [0, 0.1) is 0 Å². The molecule has 1 fully saturated rings. The smallest absolute Gasteiger partial charge is 0.239 e. The number of nitrogens with one attached hydrogen (secondary N) is 1. The Morgan fingerprint density at radius 1 is 1.32 bits per heavy atom. The van der Waals surface area contributed by atoms with Crippen molar-refractivity contribution < 1.29 is 9.21 Å². The molecule has 1 N–H and O–H groups in total. The van der Waals surface area contributed by atoms with Crippen LogP contribution >= 0.6 is 23.4 Å². The zero-order valence-electron chi connectivity index (χ0n) is 11.4. The van der Waals surface area contributed by atoms with Gasteiger partial charge in [0.15, 0.2) is 5.17 Å². The van der Waals surface area contributed by atoms with E-state index in [-0.39, 0.29) is 11.2 Å². The van der Waals surface area contributed by atoms with Crippen molar-refractivity contribution in [3.05, 3.63) is 59.0 Å². The van der Waals surface area contributed by atoms with E-state index in [9.17, 15) is 4.79 Å². The van der Waals surface area contributed by atoms with Gasteiger partial charge in [-0.05, 0) is 36.2 Å². The largest absolute Gasteiger partial charge is 0.463 e. The van der Waals surface area contributed by atoms with Crippen molar-refractivity contribution in [2.75, 3.05) is 0 Å². The fourth-order valence-corrected chi connectivity index (χ4v) is 3.02. The predicted octanol–water partition coefficient (Wildman–Crippen LogP) is 3.10. The van der Waals surface area contributed by atoms with E-state index in [1.54, 1.807) is 18.4 Å². The van der Waals surface area contributed by atoms with Gasteiger partial charge in [0.2, 0.25) is 5.91 Å². The summed E-state index contributed by atoms with van der Waals surface area (Å²) < 4.78 is 5.11. The second-order valence-electron chi connectivity index (χ2n) is 4.59. The molecule has 112 valence electrons. The molecular weight excluding hydrogens is 322 g/mol. The Morgan fingerprint density at radius 3 is 2.86 bits per heavy atom. The summed E-state index contributed by atoms with van der Waals surface area (Å²) in [7, 11) is 0. The number of nitrogens with zero attached hydrogens (tertiary/aromatic N) is 2. The van der Waals surface area contributed by atoms with Crippen molar-refractivity contribution in [1.82, 2.24) is 5.32 Å². The number of benzene rings is 1. The van der Waals surface area contributed by atoms with Gasteiger partial charge in [-0.3, -0.25) is 4.79 Å². The molecule has 2 heterocycles. The molecule has 0 saturated carbocycles. The first-order chi connectivity index (χ1) is 10.7. The van der Waals surface area contributed by atoms with Crippen LogP contribution in [-0.2, 0) is 11.2 Å². The molecule has 1 aromatic heterocycles. The van der Waals surface area contributed by atoms with E-state index < -0.39 is 0 Å². The Hall–Kier alpha value is -2.05. The average molecular weight is 334 g/mol. The van der Waals surface area contributed by atoms with Crippen molar-refractivity contribution in [2.45, 2.75) is 11.7 Å². The summed E-state index contributed by atoms with van der Waals surface area (Å²) in [6, 6.07) is 11.0. The number of halogens is 1. The predicted molar refractivity (Wildman–Crippen MR) is 88.4 cm³/mol. The lowest BCUT2D eigenvalue weighted by Gasteiger charge is -2.05. The van der Waals surface area contributed by atoms with E-state index in [0.29, 0.717) is 22.4 Å². The number of carbonyl (C=O) groups is 1. The maximum absolute atomic E-state index is 11.9. The Kier molecular flexibility index (Phi) is 4.60. The van der Waals surface area contributed by atoms with Crippen molar-refractivity contribution in [2.24, 2.45) is 10.2 Å². The van der Waals surface area contributed by atoms with Crippen LogP contribution in [0.15, 0.2) is 57.3 Å². The number of thioether (sulfide) groups is 1. The van der Waals surface area contributed by atoms with E-state index in [1.165, 1.54) is 18.0 Å². The van der Waals surface area contributed by atoms with Crippen molar-refractivity contribution in [1.29, 1.82) is 0 Å². The topological polar surface area (TPSA) is 67.0 Å². The number of amidine groups is 1. The fraction of sp³-hybridized carbons (Fsp3) is 0.133. The minimum absolute atomic E-state index is 0.0631. The minimum atomic E-state index is -0.210. The molecule has 0 unspecified atom stereocenters. The second kappa shape index (κ2) is 6.81. The number of hydrogen-bond acceptors (Lipinski definition) is 5. The third-order valence-corrected chi connectivity index (χ3v) is 4.31. The van der Waals surface area contributed by atoms with Gasteiger partial charge in [-0.15, -0.1) is 5.10 Å². The number of furan rings is 1. The summed E-state index contributed by atoms with van der Waals surface area (Å²) >= 11 is 7.22. The molecule has 5 nitrogen and oxygen atoms in total. The summed E-state index contributed by atoms with van der Waals surface area (Å²) in [4.78, 5) is 11.9. The fourth-order valence-electron chi connectivity index (χ4n) is 1.92. The maximum Gasteiger partial charge on any atom is 0.239 e. The van der Waals surface area contributed by atoms with Gasteiger partial charge in [0, 0.05) is 5.02 Å². The Balaban J connectivity index is 1.61. The Morgan fingerprint density at radius 2 is 2.14 bits per heavy atom. The highest BCUT2D eigenvalue weighted by Gasteiger charge is 2.30. The van der Waals surface area contributed by atoms with Gasteiger partial charge in [-0.25, -0.2) is 0 Å². The molecule has 7 heteroatoms. The van der Waals surface area contributed by atoms with Gasteiger partial charge in [-0.2, -0.15) is 5.10 Å². The quantitative estimate of drug-likeness (QED) is 0.690. The molecule has 1 saturated heterocycles. The van der Waals surface area contributed by atoms with Gasteiger partial charge < -0.3 is 9.73 Å². The van der Waals surface area contributed by atoms with Gasteiger partial charge in [0.25, 0.3) is 0 Å². The number of carbonyl (C=O) groups excluding carboxylic acids is 1. The lowest BCUT2D eigenvalue weighted by Crippen LogP contribution is -2.25. The molecule has 0 spiro atoms. The number of amides is 1. The Labute approximate surface area is 136 Å². The van der Waals surface area contributed by atoms with Crippen LogP contribution in [0.5, 0.6) is 0 Å². The molecule has 0 aliphatic carbocycles. The number of rotatable bonds is 4. The van der Waals surface area contributed by atoms with E-state index in [0.717, 1.165) is 5.56 Å². The van der Waals surface area contributed by atoms with Crippen LogP contribution in [-0.4, -0.2) is 22.5 Å². The normalized spacial score (nSPS) is 20.0. The molecule has 22 heavy (non-hydrogen) atoms. The average Bonchev–Trinajstić information content (AvgIpc) is 3.12. The summed E-state index contributed by atoms with van der Waals surface area (Å²) in [6.07, 6.45) is 3.67. The summed E-state index contributed by atoms with van der Waals surface area (Å²) in [5.41, 5.74) is 1.05. The summed E-state index contributed by atoms with van der Waals surface area (Å²) in [6.45, 7) is 0. The van der Waals surface area contributed by atoms with Gasteiger partial charge in [0.1, 0.15) is 5.76 Å². The van der Waals surface area contributed by atoms with Crippen LogP contribution in [0.1, 0.15) is 11.3 Å². The van der Waals surface area contributed by atoms with Gasteiger partial charge in [-0.1, -0.05) is 35.5 Å². The molecule has 1 aliphatic heterocycles. The van der Waals surface area contributed by atoms with E-state index in [2.05, 4.69) is 15.5 Å². The highest BCUT2D eigenvalue weighted by molar-refractivity contribution is 8.15. The molecule has 1 amide bonds. The second-order valence-corrected chi connectivity index (χ2v) is 6.22. The van der Waals surface area contributed by atoms with E-state index in [1.807, 2.05) is 24.3 Å². The molecule has 3 rings (SSSR count). The number of hydrogen-bond donors (Lipinski definition) is 1. The van der Waals surface area contributed by atoms with Crippen molar-refractivity contribution in [3.8, 4) is 0 Å². The first-order valence-electron chi connectivity index (χ1n) is 6.57. The maximum atomic E-state index is 11.9. The lowest BCUT2D eigenvalue weighted by molar-refractivity contribution is -0.118. The monoisotopic (exact) mass is 333 g/mol. The highest BCUT2D eigenvalue weighted by Crippen LogP contribution is 2.24. The van der Waals surface area contributed by atoms with Gasteiger partial charge >= 0.3 is 0 Å². The molecular formula is C15H12ClN3O2S. The Bertz CT molecular complexity index is 711. The molecule has 0 radical (unpaired) electrons. The molecule has 0 bridgehead atoms. The first kappa shape index (κ1) is 14.9. The highest BCUT2D eigenvalue weighted by atomic mass is 35.5. The van der Waals surface area contributed by atoms with Crippen molar-refractivity contribution >= 4 is 40.7 Å². The zero-order chi connectivity index (χ0) is 15.4. The zero-order valence-corrected chi connectivity index (χ0v) is 13.0. The molecule has 1 atom stereocenters. The lowest BCUT2D eigenvalue weighted by atomic mass is 10.1. The molecule has 1 aromatic carbocycles. The third kappa shape index (κ3) is 3.78. The van der Waals surface area contributed by atoms with Crippen molar-refractivity contribution in [3.63, 3.8) is 0 Å². The summed E-state index contributed by atoms with van der Waals surface area (Å²) in [5.74, 6) is 0.545. The van der Waals surface area contributed by atoms with Crippen LogP contribution < -0.4 is 5.32 Å². The van der Waals surface area contributed by atoms with E-state index >= 15 is 0 Å². The minimum Gasteiger partial charge on any atom is -0.463 e. The molecule has 1 aliphatic rings. The van der Waals surface area contributed by atoms with Crippen LogP contribution in [0.3, 0.4) is 0 Å². The molecule has 2 aromatic rings. The van der Waals surface area contributed by atoms with Crippen LogP contribution in [0.25, 0.3) is 0 Å². The van der Waals surface area contributed by atoms with Crippen LogP contribution in [0.2, 0.25) is 5.02 Å². The third-order valence-electron chi connectivity index (χ3n) is 2.99. The van der Waals surface area contributed by atoms with Crippen LogP contribution in [0.4, 0.5) is 0 Å². The van der Waals surface area contributed by atoms with E-state index in [4.69, 9.17) is 16.0 Å². The first-order valence-corrected chi connectivity index (χ1v) is 7.83. The summed E-state index contributed by atoms with van der Waals surface area (Å²) in [5, 5.41) is 11.6.